The third kappa shape index (κ3) is 5.45. The van der Waals surface area contributed by atoms with Gasteiger partial charge >= 0.3 is 12.1 Å². The van der Waals surface area contributed by atoms with Crippen molar-refractivity contribution in [2.75, 3.05) is 24.7 Å². The summed E-state index contributed by atoms with van der Waals surface area (Å²) in [5.74, 6) is -3.33. The lowest BCUT2D eigenvalue weighted by atomic mass is 10.2. The maximum atomic E-state index is 13.9. The molecule has 0 aliphatic carbocycles. The molecule has 12 heteroatoms. The van der Waals surface area contributed by atoms with Gasteiger partial charge in [0.15, 0.2) is 5.82 Å². The number of amides is 1. The lowest BCUT2D eigenvalue weighted by Crippen LogP contribution is -2.43. The second-order valence-corrected chi connectivity index (χ2v) is 6.42. The van der Waals surface area contributed by atoms with Gasteiger partial charge in [0.2, 0.25) is 0 Å². The van der Waals surface area contributed by atoms with E-state index in [4.69, 9.17) is 9.90 Å². The molecule has 0 unspecified atom stereocenters. The van der Waals surface area contributed by atoms with Crippen molar-refractivity contribution < 1.29 is 32.3 Å². The molecule has 7 nitrogen and oxygen atoms in total. The summed E-state index contributed by atoms with van der Waals surface area (Å²) in [6.45, 7) is 1.75. The number of carboxylic acid groups (broad SMARTS) is 1. The molecule has 0 saturated carbocycles. The van der Waals surface area contributed by atoms with Gasteiger partial charge < -0.3 is 15.7 Å². The van der Waals surface area contributed by atoms with Crippen LogP contribution in [0.15, 0.2) is 35.4 Å². The fraction of sp³-hybridized carbons (Fsp3) is 0.312. The Bertz CT molecular complexity index is 853. The van der Waals surface area contributed by atoms with Gasteiger partial charge in [-0.05, 0) is 18.4 Å². The first-order valence-corrected chi connectivity index (χ1v) is 9.05. The molecule has 1 aliphatic rings. The monoisotopic (exact) mass is 420 g/mol. The standard InChI is InChI=1S/C14H15FN4OS.C2HF3O2/c1-21-11-4-2-3-10(15)13(11)14(20)17-12-5-6-19(18-12)9-7-16-8-9;3-2(4,5)1(6)7/h2-6,9,16H,7-8H2,1H3,(H,17,18,20);(H,6,7). The summed E-state index contributed by atoms with van der Waals surface area (Å²) < 4.78 is 47.4. The predicted molar refractivity (Wildman–Crippen MR) is 94.0 cm³/mol. The number of nitrogens with one attached hydrogen (secondary N) is 2. The number of carboxylic acids is 1. The number of hydrogen-bond donors (Lipinski definition) is 3. The Morgan fingerprint density at radius 2 is 1.96 bits per heavy atom. The minimum absolute atomic E-state index is 0.0601. The molecule has 1 fully saturated rings. The highest BCUT2D eigenvalue weighted by molar-refractivity contribution is 7.98. The fourth-order valence-corrected chi connectivity index (χ4v) is 2.75. The summed E-state index contributed by atoms with van der Waals surface area (Å²) in [5.41, 5.74) is 0.0601. The Kier molecular flexibility index (Phi) is 7.02. The lowest BCUT2D eigenvalue weighted by molar-refractivity contribution is -0.192. The first kappa shape index (κ1) is 21.7. The molecule has 28 heavy (non-hydrogen) atoms. The van der Waals surface area contributed by atoms with Crippen molar-refractivity contribution in [3.05, 3.63) is 41.8 Å². The summed E-state index contributed by atoms with van der Waals surface area (Å²) in [4.78, 5) is 21.8. The average Bonchev–Trinajstić information content (AvgIpc) is 3.00. The highest BCUT2D eigenvalue weighted by Crippen LogP contribution is 2.24. The van der Waals surface area contributed by atoms with Gasteiger partial charge in [0.1, 0.15) is 5.82 Å². The van der Waals surface area contributed by atoms with E-state index in [1.165, 1.54) is 17.8 Å². The predicted octanol–water partition coefficient (Wildman–Crippen LogP) is 2.77. The molecule has 1 aromatic heterocycles. The third-order valence-electron chi connectivity index (χ3n) is 3.65. The number of aliphatic carboxylic acids is 1. The minimum atomic E-state index is -5.08. The molecule has 0 radical (unpaired) electrons. The molecule has 3 rings (SSSR count). The van der Waals surface area contributed by atoms with E-state index in [1.807, 2.05) is 17.1 Å². The van der Waals surface area contributed by atoms with E-state index < -0.39 is 23.9 Å². The van der Waals surface area contributed by atoms with Gasteiger partial charge in [0, 0.05) is 30.2 Å². The number of thioether (sulfide) groups is 1. The summed E-state index contributed by atoms with van der Waals surface area (Å²) in [7, 11) is 0. The summed E-state index contributed by atoms with van der Waals surface area (Å²) in [5, 5.41) is 17.2. The number of rotatable bonds is 4. The van der Waals surface area contributed by atoms with Crippen LogP contribution in [0.5, 0.6) is 0 Å². The molecule has 1 aliphatic heterocycles. The summed E-state index contributed by atoms with van der Waals surface area (Å²) >= 11 is 1.34. The van der Waals surface area contributed by atoms with Gasteiger partial charge in [-0.3, -0.25) is 9.48 Å². The molecule has 2 heterocycles. The first-order valence-electron chi connectivity index (χ1n) is 7.83. The molecule has 1 saturated heterocycles. The second-order valence-electron chi connectivity index (χ2n) is 5.57. The normalized spacial score (nSPS) is 13.9. The van der Waals surface area contributed by atoms with Crippen LogP contribution in [0.25, 0.3) is 0 Å². The van der Waals surface area contributed by atoms with Crippen LogP contribution in [0.2, 0.25) is 0 Å². The summed E-state index contributed by atoms with van der Waals surface area (Å²) in [6, 6.07) is 6.64. The second kappa shape index (κ2) is 9.06. The third-order valence-corrected chi connectivity index (χ3v) is 4.43. The van der Waals surface area contributed by atoms with Gasteiger partial charge in [-0.25, -0.2) is 9.18 Å². The zero-order valence-electron chi connectivity index (χ0n) is 14.5. The topological polar surface area (TPSA) is 96.3 Å². The van der Waals surface area contributed by atoms with Crippen LogP contribution in [-0.2, 0) is 4.79 Å². The zero-order chi connectivity index (χ0) is 20.9. The average molecular weight is 420 g/mol. The number of nitrogens with zero attached hydrogens (tertiary/aromatic N) is 2. The van der Waals surface area contributed by atoms with Crippen molar-refractivity contribution >= 4 is 29.5 Å². The highest BCUT2D eigenvalue weighted by atomic mass is 32.2. The number of anilines is 1. The van der Waals surface area contributed by atoms with Crippen LogP contribution in [0.3, 0.4) is 0 Å². The molecule has 1 aromatic carbocycles. The van der Waals surface area contributed by atoms with Crippen molar-refractivity contribution in [1.29, 1.82) is 0 Å². The SMILES string of the molecule is CSc1cccc(F)c1C(=O)Nc1ccn(C2CNC2)n1.O=C(O)C(F)(F)F. The maximum Gasteiger partial charge on any atom is 0.490 e. The number of benzene rings is 1. The molecular weight excluding hydrogens is 404 g/mol. The van der Waals surface area contributed by atoms with E-state index in [0.29, 0.717) is 16.8 Å². The smallest absolute Gasteiger partial charge is 0.475 e. The molecule has 152 valence electrons. The first-order chi connectivity index (χ1) is 13.1. The van der Waals surface area contributed by atoms with Crippen LogP contribution < -0.4 is 10.6 Å². The number of carbonyl (C=O) groups is 2. The van der Waals surface area contributed by atoms with Gasteiger partial charge in [0.25, 0.3) is 5.91 Å². The van der Waals surface area contributed by atoms with Crippen LogP contribution in [0.1, 0.15) is 16.4 Å². The Hall–Kier alpha value is -2.60. The van der Waals surface area contributed by atoms with Crippen molar-refractivity contribution in [3.8, 4) is 0 Å². The van der Waals surface area contributed by atoms with Crippen LogP contribution in [0.4, 0.5) is 23.4 Å². The molecule has 3 N–H and O–H groups in total. The fourth-order valence-electron chi connectivity index (χ4n) is 2.14. The summed E-state index contributed by atoms with van der Waals surface area (Å²) in [6.07, 6.45) is -1.46. The molecule has 1 amide bonds. The molecule has 0 atom stereocenters. The number of aromatic nitrogens is 2. The van der Waals surface area contributed by atoms with E-state index >= 15 is 0 Å². The van der Waals surface area contributed by atoms with Crippen molar-refractivity contribution in [2.24, 2.45) is 0 Å². The van der Waals surface area contributed by atoms with E-state index in [1.54, 1.807) is 18.2 Å². The Balaban J connectivity index is 0.000000345. The van der Waals surface area contributed by atoms with Crippen molar-refractivity contribution in [1.82, 2.24) is 15.1 Å². The van der Waals surface area contributed by atoms with E-state index in [2.05, 4.69) is 15.7 Å². The van der Waals surface area contributed by atoms with Gasteiger partial charge in [-0.1, -0.05) is 6.07 Å². The quantitative estimate of drug-likeness (QED) is 0.520. The van der Waals surface area contributed by atoms with Gasteiger partial charge in [-0.2, -0.15) is 18.3 Å². The lowest BCUT2D eigenvalue weighted by Gasteiger charge is -2.27. The van der Waals surface area contributed by atoms with Crippen LogP contribution in [-0.4, -0.2) is 52.3 Å². The van der Waals surface area contributed by atoms with Crippen LogP contribution >= 0.6 is 11.8 Å². The van der Waals surface area contributed by atoms with E-state index in [9.17, 15) is 22.4 Å². The van der Waals surface area contributed by atoms with Crippen molar-refractivity contribution in [2.45, 2.75) is 17.1 Å². The largest absolute Gasteiger partial charge is 0.490 e. The molecule has 2 aromatic rings. The van der Waals surface area contributed by atoms with Crippen molar-refractivity contribution in [3.63, 3.8) is 0 Å². The highest BCUT2D eigenvalue weighted by Gasteiger charge is 2.38. The molecule has 0 spiro atoms. The van der Waals surface area contributed by atoms with Gasteiger partial charge in [-0.15, -0.1) is 11.8 Å². The molecule has 0 bridgehead atoms. The van der Waals surface area contributed by atoms with E-state index in [-0.39, 0.29) is 5.56 Å². The Morgan fingerprint density at radius 3 is 2.46 bits per heavy atom. The van der Waals surface area contributed by atoms with E-state index in [0.717, 1.165) is 13.1 Å². The molecular formula is C16H16F4N4O3S. The van der Waals surface area contributed by atoms with Gasteiger partial charge in [0.05, 0.1) is 11.6 Å². The van der Waals surface area contributed by atoms with Crippen LogP contribution in [0, 0.1) is 5.82 Å². The Morgan fingerprint density at radius 1 is 1.32 bits per heavy atom. The maximum absolute atomic E-state index is 13.9. The Labute approximate surface area is 161 Å². The number of alkyl halides is 3. The number of hydrogen-bond acceptors (Lipinski definition) is 5. The number of halogens is 4. The number of carbonyl (C=O) groups excluding carboxylic acids is 1. The minimum Gasteiger partial charge on any atom is -0.475 e. The zero-order valence-corrected chi connectivity index (χ0v) is 15.3.